The molecule has 2 aromatic carbocycles. The van der Waals surface area contributed by atoms with E-state index in [0.717, 1.165) is 11.3 Å². The van der Waals surface area contributed by atoms with Gasteiger partial charge in [0.1, 0.15) is 39.1 Å². The Morgan fingerprint density at radius 3 is 1.86 bits per heavy atom. The van der Waals surface area contributed by atoms with E-state index in [0.29, 0.717) is 0 Å². The molecule has 3 aromatic heterocycles. The third kappa shape index (κ3) is 16.3. The van der Waals surface area contributed by atoms with Gasteiger partial charge >= 0.3 is 0 Å². The predicted octanol–water partition coefficient (Wildman–Crippen LogP) is 4.79. The molecular weight excluding hydrogens is 843 g/mol. The predicted molar refractivity (Wildman–Crippen MR) is 167 cm³/mol. The van der Waals surface area contributed by atoms with Gasteiger partial charge in [0.25, 0.3) is 0 Å². The van der Waals surface area contributed by atoms with E-state index >= 15 is 0 Å². The van der Waals surface area contributed by atoms with Crippen molar-refractivity contribution in [1.82, 2.24) is 0 Å². The molecule has 3 saturated heterocycles. The molecule has 221 valence electrons. The molecule has 9 heteroatoms. The Balaban J connectivity index is -0.000000239. The first-order chi connectivity index (χ1) is 18.4. The number of piperidine rings is 3. The van der Waals surface area contributed by atoms with Gasteiger partial charge in [0, 0.05) is 141 Å². The minimum absolute atomic E-state index is 0. The fourth-order valence-electron chi connectivity index (χ4n) is 4.85. The minimum Gasteiger partial charge on any atom is -0.351 e. The van der Waals surface area contributed by atoms with Gasteiger partial charge in [-0.1, -0.05) is 36.4 Å². The van der Waals surface area contributed by atoms with Crippen molar-refractivity contribution in [2.75, 3.05) is 26.7 Å². The summed E-state index contributed by atoms with van der Waals surface area (Å²) in [7, 11) is 8.40. The summed E-state index contributed by atoms with van der Waals surface area (Å²) in [6.07, 6.45) is 15.3. The summed E-state index contributed by atoms with van der Waals surface area (Å²) in [4.78, 5) is 0. The molecule has 4 nitrogen and oxygen atoms in total. The van der Waals surface area contributed by atoms with Gasteiger partial charge in [-0.15, -0.1) is 48.5 Å². The number of hydrogen-bond donors (Lipinski definition) is 0. The normalized spacial score (nSPS) is 16.7. The molecule has 3 fully saturated rings. The molecular formula is C35H46BN4Y4. The Kier molecular flexibility index (Phi) is 28.9. The number of hydrogen-bond acceptors (Lipinski definition) is 0. The molecule has 0 N–H and O–H groups in total. The van der Waals surface area contributed by atoms with Gasteiger partial charge < -0.3 is 9.05 Å². The molecule has 7 radical (unpaired) electrons. The molecule has 0 unspecified atom stereocenters. The first kappa shape index (κ1) is 49.2. The van der Waals surface area contributed by atoms with E-state index in [4.69, 9.17) is 0 Å². The maximum atomic E-state index is 3.18. The second kappa shape index (κ2) is 25.8. The Morgan fingerprint density at radius 2 is 1.36 bits per heavy atom. The second-order valence-electron chi connectivity index (χ2n) is 10.5. The summed E-state index contributed by atoms with van der Waals surface area (Å²) in [6, 6.07) is 31.4. The number of quaternary nitrogens is 1. The van der Waals surface area contributed by atoms with Crippen LogP contribution in [0, 0.1) is 30.5 Å². The minimum atomic E-state index is 0. The SMILES string of the molecule is C.C[N+]12C[CH-]C(CC1)CC2.C[n+]1c[c-]c2ccccc2c1.C[n+]1cc[c-]c2ccccc21.C[n+]1cc[c-]cc1.[2HH].[B].[Y].[Y].[Y].[Y]. The number of nitrogens with zero attached hydrogens (tertiary/aromatic N) is 4. The number of fused-ring (bicyclic) bond motifs is 5. The van der Waals surface area contributed by atoms with Crippen molar-refractivity contribution in [3.63, 3.8) is 0 Å². The summed E-state index contributed by atoms with van der Waals surface area (Å²) in [5, 5.41) is 3.57. The molecule has 6 heterocycles. The van der Waals surface area contributed by atoms with Crippen LogP contribution in [-0.2, 0) is 152 Å². The number of aryl methyl sites for hydroxylation is 3. The number of rotatable bonds is 0. The van der Waals surface area contributed by atoms with Crippen molar-refractivity contribution in [3.05, 3.63) is 122 Å². The zero-order valence-corrected chi connectivity index (χ0v) is 37.5. The van der Waals surface area contributed by atoms with E-state index in [2.05, 4.69) is 66.7 Å². The average Bonchev–Trinajstić information content (AvgIpc) is 2.95. The standard InChI is InChI=1S/2C10H9N.C8H15N.C6H7N.CH4.B.4Y.H2/c1-11-8-4-6-9-5-2-3-7-10(9)11;1-11-7-6-9-4-2-3-5-10(9)8-11;1-9-5-2-8(3-6-9)4-7-9;1-7-5-3-2-4-6-7;;;;;;;/h2*2-5,7-8H,1H3;2,8H,3-7H2,1H3;3-6H,1H3;1H4;;;;;;1H/i;;;;;;;;;;1+1. The molecule has 2 bridgehead atoms. The number of para-hydroxylation sites is 1. The summed E-state index contributed by atoms with van der Waals surface area (Å²) >= 11 is 0. The number of pyridine rings is 3. The van der Waals surface area contributed by atoms with E-state index in [9.17, 15) is 0 Å². The largest absolute Gasteiger partial charge is 0.351 e. The van der Waals surface area contributed by atoms with Crippen molar-refractivity contribution < 1.29 is 150 Å². The Hall–Kier alpha value is 0.851. The van der Waals surface area contributed by atoms with Crippen LogP contribution in [0.3, 0.4) is 0 Å². The van der Waals surface area contributed by atoms with Crippen LogP contribution in [-0.4, -0.2) is 39.6 Å². The summed E-state index contributed by atoms with van der Waals surface area (Å²) in [5.41, 5.74) is 1.22. The van der Waals surface area contributed by atoms with E-state index in [1.165, 1.54) is 53.2 Å². The van der Waals surface area contributed by atoms with Crippen LogP contribution in [0.4, 0.5) is 0 Å². The van der Waals surface area contributed by atoms with E-state index in [-0.39, 0.29) is 148 Å². The first-order valence-electron chi connectivity index (χ1n) is 13.4. The van der Waals surface area contributed by atoms with Gasteiger partial charge in [-0.25, -0.2) is 4.57 Å². The monoisotopic (exact) mass is 890 g/mol. The topological polar surface area (TPSA) is 11.6 Å². The molecule has 44 heavy (non-hydrogen) atoms. The third-order valence-electron chi connectivity index (χ3n) is 7.32. The Morgan fingerprint density at radius 1 is 0.773 bits per heavy atom. The fourth-order valence-corrected chi connectivity index (χ4v) is 4.85. The van der Waals surface area contributed by atoms with Gasteiger partial charge in [-0.3, -0.25) is 11.0 Å². The van der Waals surface area contributed by atoms with E-state index in [1.54, 1.807) is 0 Å². The summed E-state index contributed by atoms with van der Waals surface area (Å²) < 4.78 is 7.39. The second-order valence-corrected chi connectivity index (χ2v) is 10.5. The molecule has 0 amide bonds. The Bertz CT molecular complexity index is 1430. The average molecular weight is 890 g/mol. The van der Waals surface area contributed by atoms with Gasteiger partial charge in [-0.05, 0) is 25.5 Å². The maximum Gasteiger partial charge on any atom is 0.136 e. The number of benzene rings is 2. The molecule has 8 rings (SSSR count). The molecule has 0 atom stereocenters. The molecule has 5 aromatic rings. The van der Waals surface area contributed by atoms with E-state index < -0.39 is 0 Å². The van der Waals surface area contributed by atoms with Gasteiger partial charge in [-0.2, -0.15) is 23.4 Å². The zero-order valence-electron chi connectivity index (χ0n) is 26.1. The van der Waals surface area contributed by atoms with Crippen LogP contribution in [0.15, 0.2) is 97.7 Å². The van der Waals surface area contributed by atoms with Crippen LogP contribution >= 0.6 is 0 Å². The smallest absolute Gasteiger partial charge is 0.136 e. The molecule has 3 aliphatic heterocycles. The number of aromatic nitrogens is 3. The van der Waals surface area contributed by atoms with Crippen molar-refractivity contribution in [1.29, 1.82) is 0 Å². The van der Waals surface area contributed by atoms with Gasteiger partial charge in [0.2, 0.25) is 0 Å². The summed E-state index contributed by atoms with van der Waals surface area (Å²) in [5.74, 6) is 0.991. The molecule has 3 aliphatic rings. The van der Waals surface area contributed by atoms with Crippen LogP contribution in [0.1, 0.15) is 21.7 Å². The quantitative estimate of drug-likeness (QED) is 0.0919. The van der Waals surface area contributed by atoms with Crippen molar-refractivity contribution in [2.24, 2.45) is 27.1 Å². The van der Waals surface area contributed by atoms with E-state index in [1.807, 2.05) is 97.5 Å². The molecule has 0 saturated carbocycles. The van der Waals surface area contributed by atoms with Crippen LogP contribution in [0.2, 0.25) is 0 Å². The van der Waals surface area contributed by atoms with Crippen molar-refractivity contribution >= 4 is 30.1 Å². The molecule has 0 spiro atoms. The fraction of sp³-hybridized carbons (Fsp3) is 0.314. The first-order valence-corrected chi connectivity index (χ1v) is 13.4. The van der Waals surface area contributed by atoms with Crippen molar-refractivity contribution in [3.8, 4) is 0 Å². The zero-order chi connectivity index (χ0) is 26.8. The van der Waals surface area contributed by atoms with Crippen molar-refractivity contribution in [2.45, 2.75) is 20.3 Å². The van der Waals surface area contributed by atoms with Crippen LogP contribution in [0.25, 0.3) is 21.7 Å². The van der Waals surface area contributed by atoms with Gasteiger partial charge in [0.05, 0.1) is 38.7 Å². The Labute approximate surface area is 371 Å². The maximum absolute atomic E-state index is 3.18. The van der Waals surface area contributed by atoms with Crippen LogP contribution in [0.5, 0.6) is 0 Å². The molecule has 0 aliphatic carbocycles. The van der Waals surface area contributed by atoms with Crippen LogP contribution < -0.4 is 13.7 Å². The third-order valence-corrected chi connectivity index (χ3v) is 7.32. The van der Waals surface area contributed by atoms with Gasteiger partial charge in [0.15, 0.2) is 0 Å². The summed E-state index contributed by atoms with van der Waals surface area (Å²) in [6.45, 7) is 4.20.